The molecular weight excluding hydrogens is 238 g/mol. The number of carbonyl (C=O) groups is 1. The van der Waals surface area contributed by atoms with E-state index in [-0.39, 0.29) is 17.0 Å². The Morgan fingerprint density at radius 2 is 2.06 bits per heavy atom. The van der Waals surface area contributed by atoms with Crippen molar-refractivity contribution in [3.8, 4) is 0 Å². The molecule has 4 nitrogen and oxygen atoms in total. The molecule has 2 unspecified atom stereocenters. The second-order valence-corrected chi connectivity index (χ2v) is 7.00. The number of hydrogen-bond acceptors (Lipinski definition) is 4. The zero-order valence-corrected chi connectivity index (χ0v) is 10.1. The van der Waals surface area contributed by atoms with Crippen LogP contribution in [0.5, 0.6) is 0 Å². The monoisotopic (exact) mass is 251 g/mol. The van der Waals surface area contributed by atoms with Crippen LogP contribution < -0.4 is 4.90 Å². The molecular formula is C12H13NO3S. The number of rotatable bonds is 2. The van der Waals surface area contributed by atoms with Crippen LogP contribution in [-0.4, -0.2) is 38.3 Å². The van der Waals surface area contributed by atoms with Gasteiger partial charge in [-0.05, 0) is 18.6 Å². The van der Waals surface area contributed by atoms with Gasteiger partial charge in [-0.2, -0.15) is 0 Å². The SMILES string of the molecule is O=Cc1ccccc1N1CC2CC1CS2(=O)=O. The van der Waals surface area contributed by atoms with Crippen LogP contribution in [0.1, 0.15) is 16.8 Å². The first kappa shape index (κ1) is 10.8. The summed E-state index contributed by atoms with van der Waals surface area (Å²) in [5, 5.41) is -0.243. The Kier molecular flexibility index (Phi) is 2.26. The maximum absolute atomic E-state index is 11.7. The molecule has 0 amide bonds. The fourth-order valence-corrected chi connectivity index (χ4v) is 4.87. The number of carbonyl (C=O) groups excluding carboxylic acids is 1. The molecule has 0 spiro atoms. The van der Waals surface area contributed by atoms with Gasteiger partial charge in [-0.15, -0.1) is 0 Å². The molecule has 5 heteroatoms. The Morgan fingerprint density at radius 1 is 1.29 bits per heavy atom. The highest BCUT2D eigenvalue weighted by atomic mass is 32.2. The standard InChI is InChI=1S/C12H13NO3S/c14-7-9-3-1-2-4-12(9)13-6-11-5-10(13)8-17(11,15)16/h1-4,7,10-11H,5-6,8H2. The van der Waals surface area contributed by atoms with Gasteiger partial charge in [0.2, 0.25) is 0 Å². The zero-order valence-electron chi connectivity index (χ0n) is 9.24. The van der Waals surface area contributed by atoms with E-state index in [0.717, 1.165) is 12.0 Å². The van der Waals surface area contributed by atoms with Crippen molar-refractivity contribution in [3.05, 3.63) is 29.8 Å². The highest BCUT2D eigenvalue weighted by Crippen LogP contribution is 2.37. The number of aldehydes is 1. The molecule has 2 atom stereocenters. The lowest BCUT2D eigenvalue weighted by Gasteiger charge is -2.29. The first-order valence-electron chi connectivity index (χ1n) is 5.64. The van der Waals surface area contributed by atoms with E-state index in [4.69, 9.17) is 0 Å². The van der Waals surface area contributed by atoms with Gasteiger partial charge in [-0.25, -0.2) is 8.42 Å². The molecule has 1 aromatic carbocycles. The third-order valence-electron chi connectivity index (χ3n) is 3.68. The summed E-state index contributed by atoms with van der Waals surface area (Å²) in [6.07, 6.45) is 1.53. The number of hydrogen-bond donors (Lipinski definition) is 0. The summed E-state index contributed by atoms with van der Waals surface area (Å²) in [6, 6.07) is 7.40. The first-order valence-corrected chi connectivity index (χ1v) is 7.36. The van der Waals surface area contributed by atoms with Crippen molar-refractivity contribution < 1.29 is 13.2 Å². The fraction of sp³-hybridized carbons (Fsp3) is 0.417. The van der Waals surface area contributed by atoms with Crippen LogP contribution in [0.15, 0.2) is 24.3 Å². The van der Waals surface area contributed by atoms with E-state index in [0.29, 0.717) is 18.5 Å². The molecule has 2 heterocycles. The number of benzene rings is 1. The molecule has 17 heavy (non-hydrogen) atoms. The minimum Gasteiger partial charge on any atom is -0.366 e. The molecule has 2 bridgehead atoms. The van der Waals surface area contributed by atoms with E-state index in [1.165, 1.54) is 0 Å². The van der Waals surface area contributed by atoms with Gasteiger partial charge < -0.3 is 4.90 Å². The summed E-state index contributed by atoms with van der Waals surface area (Å²) in [5.41, 5.74) is 1.50. The van der Waals surface area contributed by atoms with Crippen molar-refractivity contribution in [2.45, 2.75) is 17.7 Å². The Labute approximate surface area is 100 Å². The Morgan fingerprint density at radius 3 is 2.65 bits per heavy atom. The minimum absolute atomic E-state index is 0.0473. The molecule has 1 aromatic rings. The van der Waals surface area contributed by atoms with Crippen molar-refractivity contribution >= 4 is 21.8 Å². The highest BCUT2D eigenvalue weighted by Gasteiger charge is 2.48. The lowest BCUT2D eigenvalue weighted by Crippen LogP contribution is -2.40. The molecule has 0 aromatic heterocycles. The predicted molar refractivity (Wildman–Crippen MR) is 65.2 cm³/mol. The molecule has 2 saturated heterocycles. The second-order valence-electron chi connectivity index (χ2n) is 4.67. The maximum Gasteiger partial charge on any atom is 0.156 e. The summed E-state index contributed by atoms with van der Waals surface area (Å²) >= 11 is 0. The quantitative estimate of drug-likeness (QED) is 0.732. The van der Waals surface area contributed by atoms with Crippen LogP contribution in [0.2, 0.25) is 0 Å². The second kappa shape index (κ2) is 3.57. The zero-order chi connectivity index (χ0) is 12.0. The molecule has 90 valence electrons. The van der Waals surface area contributed by atoms with Crippen molar-refractivity contribution in [1.82, 2.24) is 0 Å². The Balaban J connectivity index is 1.96. The predicted octanol–water partition coefficient (Wildman–Crippen LogP) is 0.875. The largest absolute Gasteiger partial charge is 0.366 e. The van der Waals surface area contributed by atoms with Gasteiger partial charge in [0.25, 0.3) is 0 Å². The van der Waals surface area contributed by atoms with Gasteiger partial charge in [0.1, 0.15) is 0 Å². The number of para-hydroxylation sites is 1. The number of fused-ring (bicyclic) bond motifs is 2. The van der Waals surface area contributed by atoms with Crippen LogP contribution in [0, 0.1) is 0 Å². The van der Waals surface area contributed by atoms with Gasteiger partial charge in [-0.1, -0.05) is 12.1 Å². The van der Waals surface area contributed by atoms with Crippen molar-refractivity contribution in [1.29, 1.82) is 0 Å². The summed E-state index contributed by atoms with van der Waals surface area (Å²) in [4.78, 5) is 13.0. The summed E-state index contributed by atoms with van der Waals surface area (Å²) in [7, 11) is -2.88. The molecule has 0 saturated carbocycles. The average Bonchev–Trinajstić information content (AvgIpc) is 2.84. The molecule has 2 aliphatic rings. The Bertz CT molecular complexity index is 567. The van der Waals surface area contributed by atoms with Crippen LogP contribution >= 0.6 is 0 Å². The van der Waals surface area contributed by atoms with Crippen molar-refractivity contribution in [3.63, 3.8) is 0 Å². The molecule has 0 aliphatic carbocycles. The van der Waals surface area contributed by atoms with Crippen molar-refractivity contribution in [2.24, 2.45) is 0 Å². The normalized spacial score (nSPS) is 29.5. The van der Waals surface area contributed by atoms with Gasteiger partial charge in [-0.3, -0.25) is 4.79 Å². The van der Waals surface area contributed by atoms with E-state index < -0.39 is 9.84 Å². The molecule has 0 N–H and O–H groups in total. The van der Waals surface area contributed by atoms with Crippen LogP contribution in [-0.2, 0) is 9.84 Å². The fourth-order valence-electron chi connectivity index (χ4n) is 2.84. The Hall–Kier alpha value is -1.36. The third-order valence-corrected chi connectivity index (χ3v) is 5.89. The molecule has 3 rings (SSSR count). The van der Waals surface area contributed by atoms with E-state index >= 15 is 0 Å². The summed E-state index contributed by atoms with van der Waals surface area (Å²) in [5.74, 6) is 0.227. The lowest BCUT2D eigenvalue weighted by atomic mass is 10.1. The highest BCUT2D eigenvalue weighted by molar-refractivity contribution is 7.92. The van der Waals surface area contributed by atoms with Gasteiger partial charge in [0, 0.05) is 23.8 Å². The molecule has 2 aliphatic heterocycles. The van der Waals surface area contributed by atoms with E-state index in [2.05, 4.69) is 4.90 Å². The van der Waals surface area contributed by atoms with Crippen LogP contribution in [0.25, 0.3) is 0 Å². The maximum atomic E-state index is 11.7. The molecule has 0 radical (unpaired) electrons. The number of anilines is 1. The van der Waals surface area contributed by atoms with Gasteiger partial charge in [0.15, 0.2) is 16.1 Å². The average molecular weight is 251 g/mol. The topological polar surface area (TPSA) is 54.5 Å². The van der Waals surface area contributed by atoms with Gasteiger partial charge >= 0.3 is 0 Å². The van der Waals surface area contributed by atoms with Crippen molar-refractivity contribution in [2.75, 3.05) is 17.2 Å². The third kappa shape index (κ3) is 1.57. The van der Waals surface area contributed by atoms with Gasteiger partial charge in [0.05, 0.1) is 11.0 Å². The van der Waals surface area contributed by atoms with E-state index in [9.17, 15) is 13.2 Å². The molecule has 2 fully saturated rings. The first-order chi connectivity index (χ1) is 8.12. The summed E-state index contributed by atoms with van der Waals surface area (Å²) in [6.45, 7) is 0.526. The van der Waals surface area contributed by atoms with E-state index in [1.807, 2.05) is 18.2 Å². The minimum atomic E-state index is -2.88. The summed E-state index contributed by atoms with van der Waals surface area (Å²) < 4.78 is 23.3. The van der Waals surface area contributed by atoms with E-state index in [1.54, 1.807) is 6.07 Å². The number of sulfone groups is 1. The number of nitrogens with zero attached hydrogens (tertiary/aromatic N) is 1. The smallest absolute Gasteiger partial charge is 0.156 e. The van der Waals surface area contributed by atoms with Crippen LogP contribution in [0.4, 0.5) is 5.69 Å². The lowest BCUT2D eigenvalue weighted by molar-refractivity contribution is 0.112. The van der Waals surface area contributed by atoms with Crippen LogP contribution in [0.3, 0.4) is 0 Å².